The van der Waals surface area contributed by atoms with Crippen LogP contribution in [0.1, 0.15) is 17.5 Å². The summed E-state index contributed by atoms with van der Waals surface area (Å²) in [5, 5.41) is 1.40. The Labute approximate surface area is 152 Å². The molecule has 2 nitrogen and oxygen atoms in total. The Bertz CT molecular complexity index is 950. The van der Waals surface area contributed by atoms with Crippen LogP contribution in [0.5, 0.6) is 0 Å². The number of fused-ring (bicyclic) bond motifs is 5. The standard InChI is InChI=1S/C22H21NOS/c1-2-7-18-16(6-1)17(9-5-11-23-12-14-24-15-13-23)21-19-8-3-4-10-20(19)25-22(18)21/h1-4,6-10H,5,11-15H2/b17-9+. The molecule has 0 bridgehead atoms. The highest BCUT2D eigenvalue weighted by Gasteiger charge is 2.27. The maximum Gasteiger partial charge on any atom is 0.0594 e. The van der Waals surface area contributed by atoms with Crippen molar-refractivity contribution in [2.24, 2.45) is 0 Å². The first-order valence-electron chi connectivity index (χ1n) is 9.04. The predicted octanol–water partition coefficient (Wildman–Crippen LogP) is 5.04. The van der Waals surface area contributed by atoms with Gasteiger partial charge in [0.15, 0.2) is 0 Å². The van der Waals surface area contributed by atoms with Crippen LogP contribution in [-0.4, -0.2) is 37.7 Å². The minimum Gasteiger partial charge on any atom is -0.379 e. The predicted molar refractivity (Wildman–Crippen MR) is 106 cm³/mol. The van der Waals surface area contributed by atoms with Crippen LogP contribution in [0.25, 0.3) is 26.1 Å². The zero-order valence-electron chi connectivity index (χ0n) is 14.2. The van der Waals surface area contributed by atoms with Gasteiger partial charge < -0.3 is 4.74 Å². The molecule has 1 aliphatic carbocycles. The summed E-state index contributed by atoms with van der Waals surface area (Å²) in [6.07, 6.45) is 3.55. The Morgan fingerprint density at radius 3 is 2.60 bits per heavy atom. The monoisotopic (exact) mass is 347 g/mol. The Morgan fingerprint density at radius 1 is 0.960 bits per heavy atom. The smallest absolute Gasteiger partial charge is 0.0594 e. The first-order chi connectivity index (χ1) is 12.4. The van der Waals surface area contributed by atoms with E-state index in [1.165, 1.54) is 37.2 Å². The van der Waals surface area contributed by atoms with Crippen LogP contribution in [-0.2, 0) is 4.74 Å². The topological polar surface area (TPSA) is 12.5 Å². The van der Waals surface area contributed by atoms with Crippen LogP contribution in [0.3, 0.4) is 0 Å². The van der Waals surface area contributed by atoms with E-state index in [1.807, 2.05) is 11.3 Å². The van der Waals surface area contributed by atoms with E-state index in [-0.39, 0.29) is 0 Å². The highest BCUT2D eigenvalue weighted by atomic mass is 32.1. The molecular weight excluding hydrogens is 326 g/mol. The number of benzene rings is 2. The third kappa shape index (κ3) is 2.63. The third-order valence-corrected chi connectivity index (χ3v) is 6.43. The first kappa shape index (κ1) is 15.3. The van der Waals surface area contributed by atoms with E-state index in [0.717, 1.165) is 39.3 Å². The van der Waals surface area contributed by atoms with Crippen molar-refractivity contribution in [3.63, 3.8) is 0 Å². The molecule has 2 aromatic carbocycles. The van der Waals surface area contributed by atoms with Gasteiger partial charge in [-0.1, -0.05) is 48.5 Å². The maximum atomic E-state index is 5.45. The zero-order valence-corrected chi connectivity index (χ0v) is 15.0. The highest BCUT2D eigenvalue weighted by Crippen LogP contribution is 2.51. The Kier molecular flexibility index (Phi) is 3.93. The van der Waals surface area contributed by atoms with E-state index in [9.17, 15) is 0 Å². The van der Waals surface area contributed by atoms with Gasteiger partial charge >= 0.3 is 0 Å². The minimum absolute atomic E-state index is 0.874. The van der Waals surface area contributed by atoms with Crippen LogP contribution in [0.4, 0.5) is 0 Å². The molecule has 1 fully saturated rings. The lowest BCUT2D eigenvalue weighted by Gasteiger charge is -2.26. The van der Waals surface area contributed by atoms with Crippen molar-refractivity contribution in [1.29, 1.82) is 0 Å². The molecule has 1 aromatic heterocycles. The number of rotatable bonds is 3. The van der Waals surface area contributed by atoms with Crippen molar-refractivity contribution in [1.82, 2.24) is 4.90 Å². The van der Waals surface area contributed by atoms with E-state index in [1.54, 1.807) is 0 Å². The van der Waals surface area contributed by atoms with E-state index in [4.69, 9.17) is 4.74 Å². The largest absolute Gasteiger partial charge is 0.379 e. The molecule has 3 aromatic rings. The molecule has 0 spiro atoms. The second kappa shape index (κ2) is 6.41. The molecule has 126 valence electrons. The molecule has 0 saturated carbocycles. The van der Waals surface area contributed by atoms with Crippen molar-refractivity contribution in [3.05, 3.63) is 65.7 Å². The molecule has 1 saturated heterocycles. The van der Waals surface area contributed by atoms with Crippen molar-refractivity contribution < 1.29 is 4.74 Å². The van der Waals surface area contributed by atoms with E-state index in [2.05, 4.69) is 59.5 Å². The van der Waals surface area contributed by atoms with Gasteiger partial charge in [-0.2, -0.15) is 0 Å². The highest BCUT2D eigenvalue weighted by molar-refractivity contribution is 7.22. The van der Waals surface area contributed by atoms with Crippen molar-refractivity contribution in [2.75, 3.05) is 32.8 Å². The van der Waals surface area contributed by atoms with Crippen molar-refractivity contribution in [3.8, 4) is 10.4 Å². The fourth-order valence-corrected chi connectivity index (χ4v) is 5.24. The number of ether oxygens (including phenoxy) is 1. The van der Waals surface area contributed by atoms with Crippen LogP contribution < -0.4 is 0 Å². The lowest BCUT2D eigenvalue weighted by atomic mass is 10.0. The molecule has 0 N–H and O–H groups in total. The fraction of sp³-hybridized carbons (Fsp3) is 0.273. The number of thiophene rings is 1. The maximum absolute atomic E-state index is 5.45. The first-order valence-corrected chi connectivity index (χ1v) is 9.85. The molecule has 25 heavy (non-hydrogen) atoms. The molecule has 5 rings (SSSR count). The Balaban J connectivity index is 1.53. The molecule has 0 amide bonds. The summed E-state index contributed by atoms with van der Waals surface area (Å²) in [5.41, 5.74) is 5.67. The SMILES string of the molecule is C(/CCN1CCOCC1)=C1/c2ccccc2-c2sc3ccccc3c21. The molecule has 0 atom stereocenters. The lowest BCUT2D eigenvalue weighted by Crippen LogP contribution is -2.36. The van der Waals surface area contributed by atoms with Gasteiger partial charge in [0.25, 0.3) is 0 Å². The fourth-order valence-electron chi connectivity index (χ4n) is 3.98. The van der Waals surface area contributed by atoms with Crippen LogP contribution >= 0.6 is 11.3 Å². The van der Waals surface area contributed by atoms with E-state index in [0.29, 0.717) is 0 Å². The summed E-state index contributed by atoms with van der Waals surface area (Å²) in [5.74, 6) is 0. The second-order valence-corrected chi connectivity index (χ2v) is 7.76. The summed E-state index contributed by atoms with van der Waals surface area (Å²) in [6, 6.07) is 17.7. The lowest BCUT2D eigenvalue weighted by molar-refractivity contribution is 0.0387. The molecule has 1 aliphatic heterocycles. The molecule has 0 radical (unpaired) electrons. The van der Waals surface area contributed by atoms with Gasteiger partial charge in [-0.05, 0) is 23.6 Å². The van der Waals surface area contributed by atoms with Crippen LogP contribution in [0.15, 0.2) is 54.6 Å². The second-order valence-electron chi connectivity index (χ2n) is 6.71. The van der Waals surface area contributed by atoms with E-state index < -0.39 is 0 Å². The zero-order chi connectivity index (χ0) is 16.6. The quantitative estimate of drug-likeness (QED) is 0.515. The van der Waals surface area contributed by atoms with E-state index >= 15 is 0 Å². The summed E-state index contributed by atoms with van der Waals surface area (Å²) in [7, 11) is 0. The average molecular weight is 347 g/mol. The van der Waals surface area contributed by atoms with Gasteiger partial charge in [-0.3, -0.25) is 4.90 Å². The molecule has 3 heteroatoms. The summed E-state index contributed by atoms with van der Waals surface area (Å²) < 4.78 is 6.84. The number of hydrogen-bond acceptors (Lipinski definition) is 3. The van der Waals surface area contributed by atoms with Gasteiger partial charge in [0.05, 0.1) is 13.2 Å². The van der Waals surface area contributed by atoms with Crippen molar-refractivity contribution in [2.45, 2.75) is 6.42 Å². The molecule has 2 aliphatic rings. The van der Waals surface area contributed by atoms with Gasteiger partial charge in [0, 0.05) is 45.7 Å². The van der Waals surface area contributed by atoms with Crippen LogP contribution in [0, 0.1) is 0 Å². The summed E-state index contributed by atoms with van der Waals surface area (Å²) >= 11 is 1.93. The number of nitrogens with zero attached hydrogens (tertiary/aromatic N) is 1. The Hall–Kier alpha value is -1.94. The number of hydrogen-bond donors (Lipinski definition) is 0. The van der Waals surface area contributed by atoms with Crippen molar-refractivity contribution >= 4 is 27.0 Å². The normalized spacial score (nSPS) is 18.6. The van der Waals surface area contributed by atoms with Gasteiger partial charge in [0.2, 0.25) is 0 Å². The minimum atomic E-state index is 0.874. The number of morpholine rings is 1. The van der Waals surface area contributed by atoms with Crippen LogP contribution in [0.2, 0.25) is 0 Å². The molecular formula is C22H21NOS. The molecule has 2 heterocycles. The van der Waals surface area contributed by atoms with Gasteiger partial charge in [0.1, 0.15) is 0 Å². The van der Waals surface area contributed by atoms with Gasteiger partial charge in [-0.25, -0.2) is 0 Å². The summed E-state index contributed by atoms with van der Waals surface area (Å²) in [6.45, 7) is 4.99. The Morgan fingerprint density at radius 2 is 1.72 bits per heavy atom. The molecule has 0 unspecified atom stereocenters. The summed E-state index contributed by atoms with van der Waals surface area (Å²) in [4.78, 5) is 3.95. The third-order valence-electron chi connectivity index (χ3n) is 5.22. The average Bonchev–Trinajstić information content (AvgIpc) is 3.19. The van der Waals surface area contributed by atoms with Gasteiger partial charge in [-0.15, -0.1) is 11.3 Å².